The SMILES string of the molecule is CN(C(=O)c1ccc(C(=O)Nc2c(Cl)cccc2Cl)cc1)c1ccccc1. The minimum atomic E-state index is -0.361. The number of carbonyl (C=O) groups is 2. The predicted octanol–water partition coefficient (Wildman–Crippen LogP) is 5.52. The van der Waals surface area contributed by atoms with Crippen molar-refractivity contribution in [1.82, 2.24) is 0 Å². The summed E-state index contributed by atoms with van der Waals surface area (Å²) in [7, 11) is 1.71. The number of rotatable bonds is 4. The van der Waals surface area contributed by atoms with Gasteiger partial charge < -0.3 is 10.2 Å². The molecule has 0 fully saturated rings. The van der Waals surface area contributed by atoms with Gasteiger partial charge in [-0.25, -0.2) is 0 Å². The highest BCUT2D eigenvalue weighted by Gasteiger charge is 2.15. The van der Waals surface area contributed by atoms with Gasteiger partial charge >= 0.3 is 0 Å². The molecule has 0 heterocycles. The maximum atomic E-state index is 12.6. The van der Waals surface area contributed by atoms with E-state index >= 15 is 0 Å². The van der Waals surface area contributed by atoms with Gasteiger partial charge in [-0.05, 0) is 48.5 Å². The van der Waals surface area contributed by atoms with Crippen LogP contribution in [0.15, 0.2) is 72.8 Å². The Kier molecular flexibility index (Phi) is 5.79. The normalized spacial score (nSPS) is 10.3. The lowest BCUT2D eigenvalue weighted by Crippen LogP contribution is -2.26. The standard InChI is InChI=1S/C21H16Cl2N2O2/c1-25(16-6-3-2-4-7-16)21(27)15-12-10-14(11-13-15)20(26)24-19-17(22)8-5-9-18(19)23/h2-13H,1H3,(H,24,26). The molecule has 2 amide bonds. The molecule has 0 saturated heterocycles. The molecule has 0 aromatic heterocycles. The number of para-hydroxylation sites is 2. The molecule has 3 aromatic carbocycles. The summed E-state index contributed by atoms with van der Waals surface area (Å²) in [5.74, 6) is -0.525. The van der Waals surface area contributed by atoms with E-state index < -0.39 is 0 Å². The number of hydrogen-bond donors (Lipinski definition) is 1. The van der Waals surface area contributed by atoms with Gasteiger partial charge in [-0.2, -0.15) is 0 Å². The van der Waals surface area contributed by atoms with Gasteiger partial charge in [0.15, 0.2) is 0 Å². The molecule has 0 aliphatic rings. The number of anilines is 2. The number of nitrogens with one attached hydrogen (secondary N) is 1. The predicted molar refractivity (Wildman–Crippen MR) is 110 cm³/mol. The zero-order valence-corrected chi connectivity index (χ0v) is 16.0. The van der Waals surface area contributed by atoms with Crippen molar-refractivity contribution in [3.05, 3.63) is 94.0 Å². The zero-order valence-electron chi connectivity index (χ0n) is 14.4. The van der Waals surface area contributed by atoms with E-state index in [1.807, 2.05) is 30.3 Å². The van der Waals surface area contributed by atoms with Crippen molar-refractivity contribution in [1.29, 1.82) is 0 Å². The Morgan fingerprint density at radius 2 is 1.33 bits per heavy atom. The number of amides is 2. The fourth-order valence-corrected chi connectivity index (χ4v) is 3.02. The van der Waals surface area contributed by atoms with Crippen LogP contribution in [0.2, 0.25) is 10.0 Å². The van der Waals surface area contributed by atoms with Crippen LogP contribution >= 0.6 is 23.2 Å². The Labute approximate surface area is 167 Å². The maximum absolute atomic E-state index is 12.6. The molecule has 0 atom stereocenters. The first-order chi connectivity index (χ1) is 13.0. The second-order valence-corrected chi connectivity index (χ2v) is 6.64. The third kappa shape index (κ3) is 4.30. The second kappa shape index (κ2) is 8.25. The first-order valence-corrected chi connectivity index (χ1v) is 8.91. The maximum Gasteiger partial charge on any atom is 0.258 e. The van der Waals surface area contributed by atoms with Crippen molar-refractivity contribution in [2.24, 2.45) is 0 Å². The summed E-state index contributed by atoms with van der Waals surface area (Å²) < 4.78 is 0. The lowest BCUT2D eigenvalue weighted by molar-refractivity contribution is 0.0989. The minimum Gasteiger partial charge on any atom is -0.319 e. The van der Waals surface area contributed by atoms with E-state index in [0.717, 1.165) is 5.69 Å². The smallest absolute Gasteiger partial charge is 0.258 e. The van der Waals surface area contributed by atoms with Crippen LogP contribution in [-0.4, -0.2) is 18.9 Å². The number of benzene rings is 3. The van der Waals surface area contributed by atoms with Crippen LogP contribution in [0.25, 0.3) is 0 Å². The Balaban J connectivity index is 1.75. The molecule has 0 aliphatic carbocycles. The summed E-state index contributed by atoms with van der Waals surface area (Å²) in [6, 6.07) is 20.7. The van der Waals surface area contributed by atoms with E-state index in [2.05, 4.69) is 5.32 Å². The van der Waals surface area contributed by atoms with Gasteiger partial charge in [0.05, 0.1) is 15.7 Å². The first-order valence-electron chi connectivity index (χ1n) is 8.16. The Bertz CT molecular complexity index is 953. The molecule has 27 heavy (non-hydrogen) atoms. The Morgan fingerprint density at radius 3 is 1.93 bits per heavy atom. The molecular formula is C21H16Cl2N2O2. The molecule has 6 heteroatoms. The Hall–Kier alpha value is -2.82. The first kappa shape index (κ1) is 19.0. The third-order valence-electron chi connectivity index (χ3n) is 4.04. The van der Waals surface area contributed by atoms with Gasteiger partial charge in [0.25, 0.3) is 11.8 Å². The molecule has 4 nitrogen and oxygen atoms in total. The summed E-state index contributed by atoms with van der Waals surface area (Å²) in [6.07, 6.45) is 0. The van der Waals surface area contributed by atoms with Crippen LogP contribution in [0.3, 0.4) is 0 Å². The lowest BCUT2D eigenvalue weighted by Gasteiger charge is -2.17. The summed E-state index contributed by atoms with van der Waals surface area (Å²) in [6.45, 7) is 0. The van der Waals surface area contributed by atoms with Gasteiger partial charge in [-0.1, -0.05) is 47.5 Å². The van der Waals surface area contributed by atoms with Gasteiger partial charge in [0, 0.05) is 23.9 Å². The van der Waals surface area contributed by atoms with Crippen molar-refractivity contribution in [2.45, 2.75) is 0 Å². The lowest BCUT2D eigenvalue weighted by atomic mass is 10.1. The fourth-order valence-electron chi connectivity index (χ4n) is 2.53. The van der Waals surface area contributed by atoms with Crippen molar-refractivity contribution < 1.29 is 9.59 Å². The molecule has 0 spiro atoms. The summed E-state index contributed by atoms with van der Waals surface area (Å²) in [5, 5.41) is 3.40. The largest absolute Gasteiger partial charge is 0.319 e. The third-order valence-corrected chi connectivity index (χ3v) is 4.67. The van der Waals surface area contributed by atoms with Crippen molar-refractivity contribution >= 4 is 46.4 Å². The zero-order chi connectivity index (χ0) is 19.4. The van der Waals surface area contributed by atoms with Crippen LogP contribution in [0.1, 0.15) is 20.7 Å². The van der Waals surface area contributed by atoms with Crippen molar-refractivity contribution in [3.8, 4) is 0 Å². The summed E-state index contributed by atoms with van der Waals surface area (Å²) >= 11 is 12.1. The molecule has 1 N–H and O–H groups in total. The molecule has 3 aromatic rings. The number of carbonyl (C=O) groups excluding carboxylic acids is 2. The van der Waals surface area contributed by atoms with Gasteiger partial charge in [-0.15, -0.1) is 0 Å². The van der Waals surface area contributed by atoms with Crippen LogP contribution < -0.4 is 10.2 Å². The average Bonchev–Trinajstić information content (AvgIpc) is 2.70. The van der Waals surface area contributed by atoms with Crippen LogP contribution in [-0.2, 0) is 0 Å². The van der Waals surface area contributed by atoms with Gasteiger partial charge in [0.1, 0.15) is 0 Å². The summed E-state index contributed by atoms with van der Waals surface area (Å²) in [5.41, 5.74) is 2.02. The highest BCUT2D eigenvalue weighted by molar-refractivity contribution is 6.40. The van der Waals surface area contributed by atoms with Crippen LogP contribution in [0.5, 0.6) is 0 Å². The average molecular weight is 399 g/mol. The number of hydrogen-bond acceptors (Lipinski definition) is 2. The van der Waals surface area contributed by atoms with Crippen molar-refractivity contribution in [2.75, 3.05) is 17.3 Å². The molecule has 0 radical (unpaired) electrons. The molecule has 0 aliphatic heterocycles. The van der Waals surface area contributed by atoms with Gasteiger partial charge in [0.2, 0.25) is 0 Å². The van der Waals surface area contributed by atoms with E-state index in [0.29, 0.717) is 26.9 Å². The van der Waals surface area contributed by atoms with E-state index in [1.165, 1.54) is 0 Å². The minimum absolute atomic E-state index is 0.165. The monoisotopic (exact) mass is 398 g/mol. The molecule has 136 valence electrons. The summed E-state index contributed by atoms with van der Waals surface area (Å²) in [4.78, 5) is 26.6. The molecule has 0 saturated carbocycles. The molecule has 3 rings (SSSR count). The number of halogens is 2. The van der Waals surface area contributed by atoms with Crippen molar-refractivity contribution in [3.63, 3.8) is 0 Å². The van der Waals surface area contributed by atoms with Crippen LogP contribution in [0.4, 0.5) is 11.4 Å². The van der Waals surface area contributed by atoms with Crippen LogP contribution in [0, 0.1) is 0 Å². The van der Waals surface area contributed by atoms with E-state index in [9.17, 15) is 9.59 Å². The molecule has 0 unspecified atom stereocenters. The fraction of sp³-hybridized carbons (Fsp3) is 0.0476. The topological polar surface area (TPSA) is 49.4 Å². The molecular weight excluding hydrogens is 383 g/mol. The van der Waals surface area contributed by atoms with E-state index in [4.69, 9.17) is 23.2 Å². The molecule has 0 bridgehead atoms. The highest BCUT2D eigenvalue weighted by atomic mass is 35.5. The second-order valence-electron chi connectivity index (χ2n) is 5.83. The number of nitrogens with zero attached hydrogens (tertiary/aromatic N) is 1. The van der Waals surface area contributed by atoms with Gasteiger partial charge in [-0.3, -0.25) is 9.59 Å². The highest BCUT2D eigenvalue weighted by Crippen LogP contribution is 2.30. The Morgan fingerprint density at radius 1 is 0.778 bits per heavy atom. The van der Waals surface area contributed by atoms with E-state index in [1.54, 1.807) is 54.4 Å². The quantitative estimate of drug-likeness (QED) is 0.628. The van der Waals surface area contributed by atoms with E-state index in [-0.39, 0.29) is 11.8 Å².